The molecule has 0 bridgehead atoms. The monoisotopic (exact) mass is 346 g/mol. The van der Waals surface area contributed by atoms with Crippen molar-refractivity contribution >= 4 is 20.2 Å². The van der Waals surface area contributed by atoms with Crippen molar-refractivity contribution in [2.24, 2.45) is 0 Å². The molecular weight excluding hydrogens is 332 g/mol. The third-order valence-electron chi connectivity index (χ3n) is 1.69. The van der Waals surface area contributed by atoms with Gasteiger partial charge in [-0.1, -0.05) is 13.3 Å². The summed E-state index contributed by atoms with van der Waals surface area (Å²) in [6.07, 6.45) is -8.49. The molecule has 12 heteroatoms. The third-order valence-corrected chi connectivity index (χ3v) is 4.03. The number of alkyl halides is 4. The molecule has 0 atom stereocenters. The van der Waals surface area contributed by atoms with E-state index in [2.05, 4.69) is 8.37 Å². The molecule has 0 spiro atoms. The van der Waals surface area contributed by atoms with Crippen molar-refractivity contribution in [1.82, 2.24) is 0 Å². The van der Waals surface area contributed by atoms with E-state index >= 15 is 0 Å². The highest BCUT2D eigenvalue weighted by Crippen LogP contribution is 2.15. The molecule has 0 fully saturated rings. The van der Waals surface area contributed by atoms with Crippen LogP contribution in [0.4, 0.5) is 17.6 Å². The maximum atomic E-state index is 12.0. The Hall–Kier alpha value is -0.460. The Kier molecular flexibility index (Phi) is 7.91. The van der Waals surface area contributed by atoms with Crippen LogP contribution in [0.25, 0.3) is 0 Å². The van der Waals surface area contributed by atoms with E-state index in [4.69, 9.17) is 0 Å². The van der Waals surface area contributed by atoms with Gasteiger partial charge in [0.2, 0.25) is 0 Å². The maximum Gasteiger partial charge on any atom is 0.275 e. The molecule has 0 radical (unpaired) electrons. The van der Waals surface area contributed by atoms with Gasteiger partial charge in [-0.2, -0.15) is 16.8 Å². The highest BCUT2D eigenvalue weighted by atomic mass is 32.2. The summed E-state index contributed by atoms with van der Waals surface area (Å²) in [5.74, 6) is -3.29. The van der Waals surface area contributed by atoms with E-state index in [1.165, 1.54) is 6.92 Å². The minimum absolute atomic E-state index is 0.180. The van der Waals surface area contributed by atoms with Gasteiger partial charge in [-0.25, -0.2) is 25.9 Å². The molecule has 0 N–H and O–H groups in total. The Morgan fingerprint density at radius 2 is 1.20 bits per heavy atom. The number of hydrogen-bond donors (Lipinski definition) is 0. The van der Waals surface area contributed by atoms with Crippen molar-refractivity contribution in [3.63, 3.8) is 0 Å². The number of rotatable bonds is 10. The van der Waals surface area contributed by atoms with Crippen LogP contribution in [0.2, 0.25) is 0 Å². The summed E-state index contributed by atoms with van der Waals surface area (Å²) in [5.41, 5.74) is 0. The first-order chi connectivity index (χ1) is 8.97. The first kappa shape index (κ1) is 19.5. The van der Waals surface area contributed by atoms with E-state index in [-0.39, 0.29) is 12.8 Å². The first-order valence-corrected chi connectivity index (χ1v) is 8.51. The first-order valence-electron chi connectivity index (χ1n) is 5.35. The predicted octanol–water partition coefficient (Wildman–Crippen LogP) is 1.34. The fourth-order valence-electron chi connectivity index (χ4n) is 1.06. The largest absolute Gasteiger partial charge is 0.275 e. The molecule has 0 aliphatic heterocycles. The van der Waals surface area contributed by atoms with E-state index in [1.54, 1.807) is 0 Å². The van der Waals surface area contributed by atoms with Crippen LogP contribution < -0.4 is 0 Å². The highest BCUT2D eigenvalue weighted by molar-refractivity contribution is 7.87. The van der Waals surface area contributed by atoms with Crippen molar-refractivity contribution in [3.05, 3.63) is 0 Å². The van der Waals surface area contributed by atoms with E-state index in [0.29, 0.717) is 0 Å². The number of hydrogen-bond acceptors (Lipinski definition) is 6. The molecular formula is C8H14F4O6S2. The topological polar surface area (TPSA) is 86.7 Å². The van der Waals surface area contributed by atoms with E-state index in [0.717, 1.165) is 0 Å². The van der Waals surface area contributed by atoms with Gasteiger partial charge in [-0.3, -0.25) is 0 Å². The maximum absolute atomic E-state index is 12.0. The zero-order valence-electron chi connectivity index (χ0n) is 10.3. The second-order valence-corrected chi connectivity index (χ2v) is 6.92. The van der Waals surface area contributed by atoms with Gasteiger partial charge in [-0.15, -0.1) is 0 Å². The predicted molar refractivity (Wildman–Crippen MR) is 60.4 cm³/mol. The highest BCUT2D eigenvalue weighted by Gasteiger charge is 2.29. The fourth-order valence-corrected chi connectivity index (χ4v) is 2.81. The summed E-state index contributed by atoms with van der Waals surface area (Å²) in [6, 6.07) is 0. The van der Waals surface area contributed by atoms with Gasteiger partial charge in [0.25, 0.3) is 33.1 Å². The molecule has 6 nitrogen and oxygen atoms in total. The number of halogens is 4. The summed E-state index contributed by atoms with van der Waals surface area (Å²) in [7, 11) is -9.46. The lowest BCUT2D eigenvalue weighted by Gasteiger charge is -2.17. The average molecular weight is 346 g/mol. The zero-order valence-corrected chi connectivity index (χ0v) is 12.0. The van der Waals surface area contributed by atoms with Crippen LogP contribution in [0.5, 0.6) is 0 Å². The van der Waals surface area contributed by atoms with E-state index in [1.807, 2.05) is 0 Å². The zero-order chi connectivity index (χ0) is 16.0. The molecule has 0 saturated carbocycles. The smallest absolute Gasteiger partial charge is 0.237 e. The Balaban J connectivity index is 4.82. The van der Waals surface area contributed by atoms with Gasteiger partial charge >= 0.3 is 0 Å². The summed E-state index contributed by atoms with van der Waals surface area (Å²) in [5, 5.41) is 0. The molecule has 0 amide bonds. The van der Waals surface area contributed by atoms with E-state index in [9.17, 15) is 34.4 Å². The van der Waals surface area contributed by atoms with Gasteiger partial charge in [-0.05, 0) is 0 Å². The van der Waals surface area contributed by atoms with Crippen molar-refractivity contribution in [1.29, 1.82) is 0 Å². The van der Waals surface area contributed by atoms with Crippen LogP contribution in [0.3, 0.4) is 0 Å². The molecule has 0 aromatic heterocycles. The lowest BCUT2D eigenvalue weighted by molar-refractivity contribution is 0.00741. The molecule has 0 aliphatic rings. The normalized spacial score (nSPS) is 13.6. The molecule has 0 heterocycles. The minimum Gasteiger partial charge on any atom is -0.237 e. The molecule has 0 rings (SSSR count). The molecule has 0 aromatic rings. The standard InChI is InChI=1S/C8H14F4O6S2/c1-2-3-8(17-19(13,14)4-6(9)10)18-20(15,16)5-7(11)12/h6-8H,2-5H2,1H3. The van der Waals surface area contributed by atoms with Crippen LogP contribution in [0.15, 0.2) is 0 Å². The van der Waals surface area contributed by atoms with Crippen molar-refractivity contribution < 1.29 is 42.8 Å². The summed E-state index contributed by atoms with van der Waals surface area (Å²) >= 11 is 0. The second kappa shape index (κ2) is 8.10. The quantitative estimate of drug-likeness (QED) is 0.337. The SMILES string of the molecule is CCCC(OS(=O)(=O)CC(F)F)OS(=O)(=O)CC(F)F. The molecule has 20 heavy (non-hydrogen) atoms. The van der Waals surface area contributed by atoms with Crippen molar-refractivity contribution in [2.75, 3.05) is 11.5 Å². The Labute approximate surface area is 114 Å². The Morgan fingerprint density at radius 1 is 0.850 bits per heavy atom. The van der Waals surface area contributed by atoms with Gasteiger partial charge < -0.3 is 0 Å². The Morgan fingerprint density at radius 3 is 1.45 bits per heavy atom. The van der Waals surface area contributed by atoms with Gasteiger partial charge in [0, 0.05) is 6.42 Å². The summed E-state index contributed by atoms with van der Waals surface area (Å²) in [4.78, 5) is 0. The van der Waals surface area contributed by atoms with Crippen LogP contribution >= 0.6 is 0 Å². The lowest BCUT2D eigenvalue weighted by atomic mass is 10.3. The minimum atomic E-state index is -4.73. The average Bonchev–Trinajstić information content (AvgIpc) is 2.10. The fraction of sp³-hybridized carbons (Fsp3) is 1.00. The molecule has 0 saturated heterocycles. The molecule has 0 aliphatic carbocycles. The van der Waals surface area contributed by atoms with E-state index < -0.39 is 50.9 Å². The molecule has 122 valence electrons. The molecule has 0 aromatic carbocycles. The van der Waals surface area contributed by atoms with Crippen LogP contribution in [-0.4, -0.2) is 47.5 Å². The lowest BCUT2D eigenvalue weighted by Crippen LogP contribution is -2.29. The Bertz CT molecular complexity index is 433. The third kappa shape index (κ3) is 9.44. The van der Waals surface area contributed by atoms with Crippen molar-refractivity contribution in [2.45, 2.75) is 38.9 Å². The van der Waals surface area contributed by atoms with Crippen molar-refractivity contribution in [3.8, 4) is 0 Å². The second-order valence-electron chi connectivity index (χ2n) is 3.64. The van der Waals surface area contributed by atoms with Gasteiger partial charge in [0.1, 0.15) is 11.5 Å². The van der Waals surface area contributed by atoms with Crippen LogP contribution in [0, 0.1) is 0 Å². The van der Waals surface area contributed by atoms with Gasteiger partial charge in [0.05, 0.1) is 0 Å². The summed E-state index contributed by atoms with van der Waals surface area (Å²) in [6.45, 7) is 1.50. The van der Waals surface area contributed by atoms with Crippen LogP contribution in [-0.2, 0) is 28.6 Å². The molecule has 0 unspecified atom stereocenters. The summed E-state index contributed by atoms with van der Waals surface area (Å²) < 4.78 is 101. The van der Waals surface area contributed by atoms with Gasteiger partial charge in [0.15, 0.2) is 6.29 Å². The van der Waals surface area contributed by atoms with Crippen LogP contribution in [0.1, 0.15) is 19.8 Å².